The number of hydrogen-bond acceptors (Lipinski definition) is 9. The molecule has 1 aromatic carbocycles. The molecule has 36 heavy (non-hydrogen) atoms. The molecule has 0 radical (unpaired) electrons. The number of fused-ring (bicyclic) bond motifs is 1. The maximum Gasteiger partial charge on any atom is 0.338 e. The first-order valence-corrected chi connectivity index (χ1v) is 11.8. The number of hydrogen-bond donors (Lipinski definition) is 0. The van der Waals surface area contributed by atoms with Gasteiger partial charge in [-0.15, -0.1) is 0 Å². The fraction of sp³-hybridized carbons (Fsp3) is 0.480. The number of carbonyl (C=O) groups excluding carboxylic acids is 2. The van der Waals surface area contributed by atoms with Crippen LogP contribution in [0.25, 0.3) is 11.2 Å². The van der Waals surface area contributed by atoms with E-state index in [9.17, 15) is 9.59 Å². The van der Waals surface area contributed by atoms with Crippen molar-refractivity contribution < 1.29 is 28.2 Å². The second-order valence-corrected chi connectivity index (χ2v) is 9.58. The second kappa shape index (κ2) is 8.81. The fourth-order valence-electron chi connectivity index (χ4n) is 4.68. The Kier molecular flexibility index (Phi) is 5.90. The fourth-order valence-corrected chi connectivity index (χ4v) is 4.68. The molecule has 10 nitrogen and oxygen atoms in total. The zero-order valence-corrected chi connectivity index (χ0v) is 20.6. The molecular formula is C25H28FN5O5. The molecule has 0 N–H and O–H groups in total. The third-order valence-electron chi connectivity index (χ3n) is 7.09. The van der Waals surface area contributed by atoms with E-state index in [0.29, 0.717) is 28.6 Å². The Morgan fingerprint density at radius 3 is 2.58 bits per heavy atom. The van der Waals surface area contributed by atoms with Crippen LogP contribution in [0.1, 0.15) is 50.2 Å². The van der Waals surface area contributed by atoms with Crippen LogP contribution in [-0.4, -0.2) is 68.5 Å². The summed E-state index contributed by atoms with van der Waals surface area (Å²) in [6.07, 6.45) is 2.63. The van der Waals surface area contributed by atoms with Crippen LogP contribution >= 0.6 is 0 Å². The Hall–Kier alpha value is -3.60. The number of alkyl halides is 1. The zero-order valence-electron chi connectivity index (χ0n) is 20.6. The van der Waals surface area contributed by atoms with E-state index in [0.717, 1.165) is 12.8 Å². The molecule has 11 heteroatoms. The van der Waals surface area contributed by atoms with Crippen LogP contribution in [0.15, 0.2) is 43.0 Å². The highest BCUT2D eigenvalue weighted by Gasteiger charge is 2.66. The molecule has 0 spiro atoms. The van der Waals surface area contributed by atoms with Gasteiger partial charge in [0.15, 0.2) is 34.5 Å². The molecule has 1 aliphatic carbocycles. The summed E-state index contributed by atoms with van der Waals surface area (Å²) in [4.78, 5) is 39.8. The highest BCUT2D eigenvalue weighted by molar-refractivity contribution is 5.89. The number of ether oxygens (including phenoxy) is 3. The molecule has 0 amide bonds. The van der Waals surface area contributed by atoms with Gasteiger partial charge < -0.3 is 19.1 Å². The number of halogens is 1. The minimum Gasteiger partial charge on any atom is -0.459 e. The molecule has 1 aliphatic heterocycles. The minimum atomic E-state index is -2.23. The number of nitrogens with zero attached hydrogens (tertiary/aromatic N) is 5. The Bertz CT molecular complexity index is 1290. The van der Waals surface area contributed by atoms with Crippen molar-refractivity contribution in [3.63, 3.8) is 0 Å². The second-order valence-electron chi connectivity index (χ2n) is 9.58. The van der Waals surface area contributed by atoms with Gasteiger partial charge in [0.2, 0.25) is 0 Å². The van der Waals surface area contributed by atoms with Crippen molar-refractivity contribution in [3.8, 4) is 0 Å². The topological polar surface area (TPSA) is 109 Å². The summed E-state index contributed by atoms with van der Waals surface area (Å²) < 4.78 is 35.2. The quantitative estimate of drug-likeness (QED) is 0.455. The summed E-state index contributed by atoms with van der Waals surface area (Å²) >= 11 is 0. The van der Waals surface area contributed by atoms with Gasteiger partial charge in [0, 0.05) is 20.0 Å². The standard InChI is InChI=1S/C25H28FN5O5/c1-15(32)36-25(3)18(12-34-22(33)16-8-6-5-7-9-16)35-23(24(25,2)26)31-14-29-19-20(27-13-28-21(19)31)30(4)17-10-11-17/h5-9,13-14,17-18,23H,10-12H2,1-4H3/t18-,23+,24+,25-/m1/s1. The lowest BCUT2D eigenvalue weighted by atomic mass is 9.84. The van der Waals surface area contributed by atoms with Crippen molar-refractivity contribution in [1.82, 2.24) is 19.5 Å². The third kappa shape index (κ3) is 3.97. The van der Waals surface area contributed by atoms with Crippen LogP contribution in [0, 0.1) is 0 Å². The van der Waals surface area contributed by atoms with Crippen molar-refractivity contribution in [2.45, 2.75) is 63.3 Å². The van der Waals surface area contributed by atoms with E-state index in [1.165, 1.54) is 38.0 Å². The molecule has 3 aromatic rings. The lowest BCUT2D eigenvalue weighted by Gasteiger charge is -2.36. The first-order chi connectivity index (χ1) is 17.1. The summed E-state index contributed by atoms with van der Waals surface area (Å²) in [6.45, 7) is 3.60. The van der Waals surface area contributed by atoms with Gasteiger partial charge in [0.1, 0.15) is 19.0 Å². The van der Waals surface area contributed by atoms with Crippen LogP contribution < -0.4 is 4.90 Å². The molecule has 1 saturated heterocycles. The van der Waals surface area contributed by atoms with Gasteiger partial charge in [-0.05, 0) is 38.8 Å². The van der Waals surface area contributed by atoms with Crippen molar-refractivity contribution in [2.75, 3.05) is 18.6 Å². The molecule has 2 aliphatic rings. The van der Waals surface area contributed by atoms with Gasteiger partial charge in [-0.3, -0.25) is 9.36 Å². The summed E-state index contributed by atoms with van der Waals surface area (Å²) in [5.74, 6) is -0.631. The highest BCUT2D eigenvalue weighted by Crippen LogP contribution is 2.51. The SMILES string of the molecule is CC(=O)O[C@]1(C)[C@@H](COC(=O)c2ccccc2)O[C@H](n2cnc3c(N(C)C4CC4)ncnc32)[C@]1(C)F. The average Bonchev–Trinajstić information content (AvgIpc) is 3.58. The normalized spacial score (nSPS) is 27.7. The smallest absolute Gasteiger partial charge is 0.338 e. The van der Waals surface area contributed by atoms with E-state index in [1.807, 2.05) is 11.9 Å². The number of carbonyl (C=O) groups is 2. The van der Waals surface area contributed by atoms with E-state index in [-0.39, 0.29) is 6.61 Å². The van der Waals surface area contributed by atoms with Crippen molar-refractivity contribution in [3.05, 3.63) is 48.5 Å². The van der Waals surface area contributed by atoms with Crippen LogP contribution in [-0.2, 0) is 19.0 Å². The van der Waals surface area contributed by atoms with E-state index in [2.05, 4.69) is 15.0 Å². The van der Waals surface area contributed by atoms with Gasteiger partial charge in [-0.25, -0.2) is 24.1 Å². The molecule has 3 heterocycles. The van der Waals surface area contributed by atoms with Gasteiger partial charge in [-0.1, -0.05) is 18.2 Å². The lowest BCUT2D eigenvalue weighted by molar-refractivity contribution is -0.175. The number of benzene rings is 1. The Balaban J connectivity index is 1.47. The van der Waals surface area contributed by atoms with Crippen LogP contribution in [0.5, 0.6) is 0 Å². The predicted octanol–water partition coefficient (Wildman–Crippen LogP) is 3.23. The number of aromatic nitrogens is 4. The molecule has 4 atom stereocenters. The monoisotopic (exact) mass is 497 g/mol. The summed E-state index contributed by atoms with van der Waals surface area (Å²) in [5, 5.41) is 0. The largest absolute Gasteiger partial charge is 0.459 e. The molecule has 0 bridgehead atoms. The summed E-state index contributed by atoms with van der Waals surface area (Å²) in [5.41, 5.74) is -2.76. The van der Waals surface area contributed by atoms with Crippen LogP contribution in [0.4, 0.5) is 10.2 Å². The number of rotatable bonds is 7. The highest BCUT2D eigenvalue weighted by atomic mass is 19.1. The molecule has 5 rings (SSSR count). The van der Waals surface area contributed by atoms with Crippen molar-refractivity contribution in [2.24, 2.45) is 0 Å². The molecule has 1 saturated carbocycles. The summed E-state index contributed by atoms with van der Waals surface area (Å²) in [6, 6.07) is 8.80. The van der Waals surface area contributed by atoms with Gasteiger partial charge in [0.05, 0.1) is 11.9 Å². The van der Waals surface area contributed by atoms with Gasteiger partial charge >= 0.3 is 11.9 Å². The van der Waals surface area contributed by atoms with E-state index < -0.39 is 35.5 Å². The lowest BCUT2D eigenvalue weighted by Crippen LogP contribution is -2.55. The minimum absolute atomic E-state index is 0.329. The maximum absolute atomic E-state index is 16.6. The number of imidazole rings is 1. The van der Waals surface area contributed by atoms with Gasteiger partial charge in [-0.2, -0.15) is 0 Å². The first-order valence-electron chi connectivity index (χ1n) is 11.8. The van der Waals surface area contributed by atoms with Crippen LogP contribution in [0.2, 0.25) is 0 Å². The van der Waals surface area contributed by atoms with Crippen LogP contribution in [0.3, 0.4) is 0 Å². The Morgan fingerprint density at radius 2 is 1.92 bits per heavy atom. The maximum atomic E-state index is 16.6. The molecule has 2 fully saturated rings. The van der Waals surface area contributed by atoms with Gasteiger partial charge in [0.25, 0.3) is 0 Å². The Labute approximate surface area is 207 Å². The van der Waals surface area contributed by atoms with E-state index in [1.54, 1.807) is 30.3 Å². The third-order valence-corrected chi connectivity index (χ3v) is 7.09. The van der Waals surface area contributed by atoms with E-state index >= 15 is 4.39 Å². The molecule has 190 valence electrons. The molecule has 2 aromatic heterocycles. The predicted molar refractivity (Wildman–Crippen MR) is 127 cm³/mol. The number of esters is 2. The molecule has 0 unspecified atom stereocenters. The first kappa shape index (κ1) is 24.1. The number of anilines is 1. The Morgan fingerprint density at radius 1 is 1.19 bits per heavy atom. The zero-order chi connectivity index (χ0) is 25.7. The van der Waals surface area contributed by atoms with Crippen molar-refractivity contribution >= 4 is 28.9 Å². The van der Waals surface area contributed by atoms with E-state index in [4.69, 9.17) is 14.2 Å². The average molecular weight is 498 g/mol. The summed E-state index contributed by atoms with van der Waals surface area (Å²) in [7, 11) is 1.94. The molecular weight excluding hydrogens is 469 g/mol. The van der Waals surface area contributed by atoms with Crippen molar-refractivity contribution in [1.29, 1.82) is 0 Å².